The van der Waals surface area contributed by atoms with E-state index >= 15 is 0 Å². The van der Waals surface area contributed by atoms with Crippen LogP contribution in [0.25, 0.3) is 0 Å². The predicted octanol–water partition coefficient (Wildman–Crippen LogP) is 4.30. The van der Waals surface area contributed by atoms with Gasteiger partial charge >= 0.3 is 8.25 Å². The van der Waals surface area contributed by atoms with Gasteiger partial charge in [-0.05, 0) is 29.5 Å². The van der Waals surface area contributed by atoms with E-state index in [0.29, 0.717) is 6.42 Å². The van der Waals surface area contributed by atoms with Gasteiger partial charge in [-0.1, -0.05) is 68.4 Å². The van der Waals surface area contributed by atoms with Crippen molar-refractivity contribution in [3.63, 3.8) is 0 Å². The first-order valence-corrected chi connectivity index (χ1v) is 8.46. The maximum absolute atomic E-state index is 11.5. The van der Waals surface area contributed by atoms with Gasteiger partial charge in [0.1, 0.15) is 5.60 Å². The fourth-order valence-electron chi connectivity index (χ4n) is 2.82. The summed E-state index contributed by atoms with van der Waals surface area (Å²) >= 11 is 0. The summed E-state index contributed by atoms with van der Waals surface area (Å²) in [4.78, 5) is 9.43. The van der Waals surface area contributed by atoms with Crippen molar-refractivity contribution < 1.29 is 14.0 Å². The zero-order chi connectivity index (χ0) is 15.3. The summed E-state index contributed by atoms with van der Waals surface area (Å²) < 4.78 is 17.1. The quantitative estimate of drug-likeness (QED) is 0.809. The summed E-state index contributed by atoms with van der Waals surface area (Å²) in [5.41, 5.74) is 2.12. The lowest BCUT2D eigenvalue weighted by Gasteiger charge is -2.34. The van der Waals surface area contributed by atoms with Crippen molar-refractivity contribution in [1.82, 2.24) is 0 Å². The molecule has 0 spiro atoms. The molecule has 0 aliphatic carbocycles. The summed E-state index contributed by atoms with van der Waals surface area (Å²) in [5.74, 6) is 0. The van der Waals surface area contributed by atoms with E-state index in [9.17, 15) is 9.46 Å². The lowest BCUT2D eigenvalue weighted by Crippen LogP contribution is -2.29. The molecule has 3 nitrogen and oxygen atoms in total. The average molecular weight is 304 g/mol. The molecule has 0 bridgehead atoms. The van der Waals surface area contributed by atoms with Crippen molar-refractivity contribution in [3.8, 4) is 0 Å². The Labute approximate surface area is 126 Å². The second-order valence-electron chi connectivity index (χ2n) is 4.93. The molecule has 0 saturated heterocycles. The SMILES string of the molecule is CCc1ccccc1C(CC)(O[PH](=O)O)c1ccccc1. The van der Waals surface area contributed by atoms with Crippen LogP contribution in [0, 0.1) is 0 Å². The summed E-state index contributed by atoms with van der Waals surface area (Å²) in [6, 6.07) is 17.6. The maximum atomic E-state index is 11.5. The standard InChI is InChI=1S/C17H21O3P/c1-3-14-10-8-9-13-16(14)17(4-2,20-21(18)19)15-11-6-5-7-12-15/h5-13,21H,3-4H2,1-2H3,(H,18,19). The minimum Gasteiger partial charge on any atom is -0.326 e. The molecule has 0 aliphatic rings. The molecule has 2 aromatic rings. The molecule has 0 aromatic heterocycles. The van der Waals surface area contributed by atoms with Crippen molar-refractivity contribution in [2.75, 3.05) is 0 Å². The average Bonchev–Trinajstić information content (AvgIpc) is 2.53. The highest BCUT2D eigenvalue weighted by atomic mass is 31.1. The lowest BCUT2D eigenvalue weighted by atomic mass is 9.81. The first kappa shape index (κ1) is 16.0. The molecule has 21 heavy (non-hydrogen) atoms. The van der Waals surface area contributed by atoms with Gasteiger partial charge in [-0.3, -0.25) is 9.09 Å². The van der Waals surface area contributed by atoms with Crippen LogP contribution >= 0.6 is 8.25 Å². The van der Waals surface area contributed by atoms with E-state index in [4.69, 9.17) is 4.52 Å². The summed E-state index contributed by atoms with van der Waals surface area (Å²) in [6.45, 7) is 4.05. The Morgan fingerprint density at radius 1 is 1.05 bits per heavy atom. The molecule has 4 heteroatoms. The zero-order valence-electron chi connectivity index (χ0n) is 12.4. The third-order valence-corrected chi connectivity index (χ3v) is 4.36. The Hall–Kier alpha value is -1.41. The first-order valence-electron chi connectivity index (χ1n) is 7.20. The van der Waals surface area contributed by atoms with Gasteiger partial charge in [-0.25, -0.2) is 0 Å². The van der Waals surface area contributed by atoms with Crippen LogP contribution in [0.5, 0.6) is 0 Å². The van der Waals surface area contributed by atoms with Gasteiger partial charge < -0.3 is 4.89 Å². The molecule has 0 amide bonds. The van der Waals surface area contributed by atoms with E-state index in [-0.39, 0.29) is 0 Å². The highest BCUT2D eigenvalue weighted by molar-refractivity contribution is 7.32. The van der Waals surface area contributed by atoms with Crippen LogP contribution in [0.15, 0.2) is 54.6 Å². The van der Waals surface area contributed by atoms with Gasteiger partial charge in [-0.2, -0.15) is 0 Å². The molecule has 1 N–H and O–H groups in total. The minimum absolute atomic E-state index is 0.588. The highest BCUT2D eigenvalue weighted by Crippen LogP contribution is 2.44. The van der Waals surface area contributed by atoms with Gasteiger partial charge in [0.2, 0.25) is 0 Å². The fraction of sp³-hybridized carbons (Fsp3) is 0.294. The normalized spacial score (nSPS) is 15.4. The van der Waals surface area contributed by atoms with Crippen LogP contribution in [-0.2, 0) is 21.1 Å². The molecule has 2 aromatic carbocycles. The Morgan fingerprint density at radius 2 is 1.67 bits per heavy atom. The van der Waals surface area contributed by atoms with E-state index in [1.807, 2.05) is 61.5 Å². The van der Waals surface area contributed by atoms with Crippen LogP contribution < -0.4 is 0 Å². The Morgan fingerprint density at radius 3 is 2.24 bits per heavy atom. The minimum atomic E-state index is -3.07. The maximum Gasteiger partial charge on any atom is 0.317 e. The smallest absolute Gasteiger partial charge is 0.317 e. The molecule has 112 valence electrons. The molecule has 0 saturated carbocycles. The Kier molecular flexibility index (Phi) is 5.35. The predicted molar refractivity (Wildman–Crippen MR) is 85.6 cm³/mol. The molecule has 0 fully saturated rings. The Balaban J connectivity index is 2.68. The van der Waals surface area contributed by atoms with Crippen LogP contribution in [0.1, 0.15) is 37.0 Å². The van der Waals surface area contributed by atoms with Gasteiger partial charge in [0.05, 0.1) is 0 Å². The van der Waals surface area contributed by atoms with Crippen LogP contribution in [0.3, 0.4) is 0 Å². The molecule has 2 rings (SSSR count). The topological polar surface area (TPSA) is 46.5 Å². The molecule has 0 aliphatic heterocycles. The molecular formula is C17H21O3P. The highest BCUT2D eigenvalue weighted by Gasteiger charge is 2.36. The molecule has 2 atom stereocenters. The second-order valence-corrected chi connectivity index (χ2v) is 5.66. The van der Waals surface area contributed by atoms with Gasteiger partial charge in [-0.15, -0.1) is 0 Å². The van der Waals surface area contributed by atoms with Gasteiger partial charge in [0.25, 0.3) is 0 Å². The summed E-state index contributed by atoms with van der Waals surface area (Å²) in [5, 5.41) is 0. The summed E-state index contributed by atoms with van der Waals surface area (Å²) in [7, 11) is -3.07. The number of rotatable bonds is 6. The van der Waals surface area contributed by atoms with Crippen LogP contribution in [0.2, 0.25) is 0 Å². The molecule has 0 radical (unpaired) electrons. The van der Waals surface area contributed by atoms with Crippen molar-refractivity contribution in [3.05, 3.63) is 71.3 Å². The van der Waals surface area contributed by atoms with E-state index in [1.54, 1.807) is 0 Å². The van der Waals surface area contributed by atoms with Crippen molar-refractivity contribution >= 4 is 8.25 Å². The molecular weight excluding hydrogens is 283 g/mol. The zero-order valence-corrected chi connectivity index (χ0v) is 13.4. The van der Waals surface area contributed by atoms with Crippen LogP contribution in [0.4, 0.5) is 0 Å². The van der Waals surface area contributed by atoms with Crippen molar-refractivity contribution in [2.45, 2.75) is 32.3 Å². The van der Waals surface area contributed by atoms with Crippen LogP contribution in [-0.4, -0.2) is 4.89 Å². The monoisotopic (exact) mass is 304 g/mol. The lowest BCUT2D eigenvalue weighted by molar-refractivity contribution is 0.0990. The molecule has 0 heterocycles. The van der Waals surface area contributed by atoms with Crippen molar-refractivity contribution in [2.24, 2.45) is 0 Å². The number of aryl methyl sites for hydroxylation is 1. The third kappa shape index (κ3) is 3.26. The largest absolute Gasteiger partial charge is 0.326 e. The van der Waals surface area contributed by atoms with E-state index in [2.05, 4.69) is 6.92 Å². The van der Waals surface area contributed by atoms with E-state index in [0.717, 1.165) is 23.1 Å². The first-order chi connectivity index (χ1) is 10.1. The van der Waals surface area contributed by atoms with Gasteiger partial charge in [0.15, 0.2) is 0 Å². The fourth-order valence-corrected chi connectivity index (χ4v) is 3.49. The van der Waals surface area contributed by atoms with Gasteiger partial charge in [0, 0.05) is 0 Å². The third-order valence-electron chi connectivity index (χ3n) is 3.83. The van der Waals surface area contributed by atoms with E-state index < -0.39 is 13.9 Å². The molecule has 2 unspecified atom stereocenters. The second kappa shape index (κ2) is 7.04. The number of hydrogen-bond donors (Lipinski definition) is 1. The number of benzene rings is 2. The van der Waals surface area contributed by atoms with Crippen molar-refractivity contribution in [1.29, 1.82) is 0 Å². The summed E-state index contributed by atoms with van der Waals surface area (Å²) in [6.07, 6.45) is 1.44. The number of hydrogen-bond acceptors (Lipinski definition) is 2. The van der Waals surface area contributed by atoms with E-state index in [1.165, 1.54) is 0 Å². The Bertz CT molecular complexity index is 612.